The summed E-state index contributed by atoms with van der Waals surface area (Å²) >= 11 is 0. The van der Waals surface area contributed by atoms with E-state index < -0.39 is 0 Å². The quantitative estimate of drug-likeness (QED) is 0.929. The molecule has 0 unspecified atom stereocenters. The molecule has 2 aromatic rings. The minimum atomic E-state index is -0.264. The molecule has 6 nitrogen and oxygen atoms in total. The fraction of sp³-hybridized carbons (Fsp3) is 0.263. The summed E-state index contributed by atoms with van der Waals surface area (Å²) in [6, 6.07) is 12.7. The fourth-order valence-corrected chi connectivity index (χ4v) is 2.63. The van der Waals surface area contributed by atoms with E-state index in [0.29, 0.717) is 30.4 Å². The highest BCUT2D eigenvalue weighted by molar-refractivity contribution is 6.02. The Kier molecular flexibility index (Phi) is 4.88. The van der Waals surface area contributed by atoms with E-state index in [1.807, 2.05) is 31.2 Å². The molecule has 1 N–H and O–H groups in total. The van der Waals surface area contributed by atoms with Gasteiger partial charge in [0.1, 0.15) is 19.8 Å². The Morgan fingerprint density at radius 3 is 2.52 bits per heavy atom. The number of benzene rings is 2. The van der Waals surface area contributed by atoms with Gasteiger partial charge in [-0.3, -0.25) is 9.59 Å². The Balaban J connectivity index is 1.76. The smallest absolute Gasteiger partial charge is 0.244 e. The van der Waals surface area contributed by atoms with Gasteiger partial charge in [0, 0.05) is 24.4 Å². The molecular weight excluding hydrogens is 320 g/mol. The van der Waals surface area contributed by atoms with Gasteiger partial charge in [-0.05, 0) is 30.7 Å². The Labute approximate surface area is 146 Å². The van der Waals surface area contributed by atoms with Crippen LogP contribution >= 0.6 is 0 Å². The number of aryl methyl sites for hydroxylation is 1. The van der Waals surface area contributed by atoms with Gasteiger partial charge in [0.05, 0.1) is 0 Å². The zero-order chi connectivity index (χ0) is 17.8. The lowest BCUT2D eigenvalue weighted by Gasteiger charge is -2.24. The predicted molar refractivity (Wildman–Crippen MR) is 95.3 cm³/mol. The van der Waals surface area contributed by atoms with Crippen LogP contribution in [0.5, 0.6) is 11.5 Å². The maximum Gasteiger partial charge on any atom is 0.244 e. The number of nitrogens with zero attached hydrogens (tertiary/aromatic N) is 1. The van der Waals surface area contributed by atoms with Crippen molar-refractivity contribution in [3.63, 3.8) is 0 Å². The normalized spacial score (nSPS) is 12.4. The Morgan fingerprint density at radius 2 is 1.80 bits per heavy atom. The van der Waals surface area contributed by atoms with Crippen molar-refractivity contribution in [3.05, 3.63) is 48.0 Å². The summed E-state index contributed by atoms with van der Waals surface area (Å²) in [5, 5.41) is 2.84. The van der Waals surface area contributed by atoms with Crippen LogP contribution in [0.4, 0.5) is 11.4 Å². The van der Waals surface area contributed by atoms with Crippen LogP contribution in [-0.4, -0.2) is 31.6 Å². The number of rotatable bonds is 4. The maximum absolute atomic E-state index is 12.4. The van der Waals surface area contributed by atoms with Crippen molar-refractivity contribution >= 4 is 23.2 Å². The van der Waals surface area contributed by atoms with E-state index in [9.17, 15) is 9.59 Å². The average Bonchev–Trinajstić information content (AvgIpc) is 2.61. The van der Waals surface area contributed by atoms with Gasteiger partial charge in [0.25, 0.3) is 0 Å². The van der Waals surface area contributed by atoms with E-state index >= 15 is 0 Å². The van der Waals surface area contributed by atoms with Gasteiger partial charge in [0.15, 0.2) is 11.5 Å². The molecule has 2 amide bonds. The summed E-state index contributed by atoms with van der Waals surface area (Å²) in [6.07, 6.45) is 0. The Bertz CT molecular complexity index is 804. The molecular formula is C19H20N2O4. The van der Waals surface area contributed by atoms with Gasteiger partial charge in [-0.25, -0.2) is 0 Å². The summed E-state index contributed by atoms with van der Waals surface area (Å²) in [4.78, 5) is 25.8. The molecule has 0 fully saturated rings. The third-order valence-corrected chi connectivity index (χ3v) is 3.94. The van der Waals surface area contributed by atoms with E-state index in [0.717, 1.165) is 11.3 Å². The van der Waals surface area contributed by atoms with Crippen LogP contribution in [0, 0.1) is 6.92 Å². The summed E-state index contributed by atoms with van der Waals surface area (Å²) in [6.45, 7) is 4.23. The first-order chi connectivity index (χ1) is 12.0. The molecule has 0 bridgehead atoms. The van der Waals surface area contributed by atoms with Crippen molar-refractivity contribution in [1.29, 1.82) is 0 Å². The molecule has 0 aromatic heterocycles. The summed E-state index contributed by atoms with van der Waals surface area (Å²) in [5.41, 5.74) is 2.29. The molecule has 3 rings (SSSR count). The number of nitrogens with one attached hydrogen (secondary N) is 1. The zero-order valence-corrected chi connectivity index (χ0v) is 14.2. The highest BCUT2D eigenvalue weighted by Gasteiger charge is 2.19. The van der Waals surface area contributed by atoms with Crippen LogP contribution in [-0.2, 0) is 9.59 Å². The van der Waals surface area contributed by atoms with Gasteiger partial charge in [-0.1, -0.05) is 18.2 Å². The molecule has 2 aromatic carbocycles. The highest BCUT2D eigenvalue weighted by atomic mass is 16.6. The molecule has 6 heteroatoms. The largest absolute Gasteiger partial charge is 0.486 e. The molecule has 0 spiro atoms. The first kappa shape index (κ1) is 16.8. The number of amides is 2. The fourth-order valence-electron chi connectivity index (χ4n) is 2.63. The van der Waals surface area contributed by atoms with Gasteiger partial charge in [-0.15, -0.1) is 0 Å². The molecule has 130 valence electrons. The number of carbonyl (C=O) groups is 2. The number of ether oxygens (including phenoxy) is 2. The van der Waals surface area contributed by atoms with Crippen LogP contribution in [0.15, 0.2) is 42.5 Å². The Hall–Kier alpha value is -3.02. The molecule has 25 heavy (non-hydrogen) atoms. The maximum atomic E-state index is 12.4. The second-order valence-electron chi connectivity index (χ2n) is 5.80. The van der Waals surface area contributed by atoms with E-state index in [4.69, 9.17) is 9.47 Å². The third-order valence-electron chi connectivity index (χ3n) is 3.94. The van der Waals surface area contributed by atoms with Crippen molar-refractivity contribution in [2.75, 3.05) is 30.0 Å². The molecule has 1 heterocycles. The van der Waals surface area contributed by atoms with Gasteiger partial charge >= 0.3 is 0 Å². The van der Waals surface area contributed by atoms with Crippen LogP contribution < -0.4 is 19.7 Å². The number of carbonyl (C=O) groups excluding carboxylic acids is 2. The number of hydrogen-bond donors (Lipinski definition) is 1. The minimum Gasteiger partial charge on any atom is -0.486 e. The van der Waals surface area contributed by atoms with Gasteiger partial charge in [0.2, 0.25) is 11.8 Å². The van der Waals surface area contributed by atoms with E-state index in [1.54, 1.807) is 18.2 Å². The lowest BCUT2D eigenvalue weighted by atomic mass is 10.2. The minimum absolute atomic E-state index is 0.0800. The standard InChI is InChI=1S/C19H20N2O4/c1-13-5-3-4-6-16(13)20-19(23)12-21(14(2)22)15-7-8-17-18(11-15)25-10-9-24-17/h3-8,11H,9-10,12H2,1-2H3,(H,20,23). The lowest BCUT2D eigenvalue weighted by Crippen LogP contribution is -2.36. The molecule has 0 radical (unpaired) electrons. The van der Waals surface area contributed by atoms with Gasteiger partial charge < -0.3 is 19.7 Å². The second kappa shape index (κ2) is 7.25. The van der Waals surface area contributed by atoms with Crippen LogP contribution in [0.1, 0.15) is 12.5 Å². The third kappa shape index (κ3) is 3.91. The number of fused-ring (bicyclic) bond motifs is 1. The van der Waals surface area contributed by atoms with E-state index in [1.165, 1.54) is 11.8 Å². The summed E-state index contributed by atoms with van der Waals surface area (Å²) < 4.78 is 11.0. The van der Waals surface area contributed by atoms with Crippen molar-refractivity contribution in [3.8, 4) is 11.5 Å². The molecule has 1 aliphatic rings. The number of anilines is 2. The van der Waals surface area contributed by atoms with E-state index in [-0.39, 0.29) is 18.4 Å². The molecule has 0 saturated heterocycles. The highest BCUT2D eigenvalue weighted by Crippen LogP contribution is 2.34. The van der Waals surface area contributed by atoms with Gasteiger partial charge in [-0.2, -0.15) is 0 Å². The first-order valence-corrected chi connectivity index (χ1v) is 8.08. The summed E-state index contributed by atoms with van der Waals surface area (Å²) in [5.74, 6) is 0.730. The zero-order valence-electron chi connectivity index (χ0n) is 14.2. The lowest BCUT2D eigenvalue weighted by molar-refractivity contribution is -0.120. The predicted octanol–water partition coefficient (Wildman–Crippen LogP) is 2.76. The van der Waals surface area contributed by atoms with Crippen LogP contribution in [0.3, 0.4) is 0 Å². The molecule has 0 saturated carbocycles. The number of hydrogen-bond acceptors (Lipinski definition) is 4. The van der Waals surface area contributed by atoms with E-state index in [2.05, 4.69) is 5.32 Å². The second-order valence-corrected chi connectivity index (χ2v) is 5.80. The average molecular weight is 340 g/mol. The Morgan fingerprint density at radius 1 is 1.08 bits per heavy atom. The monoisotopic (exact) mass is 340 g/mol. The molecule has 0 atom stereocenters. The van der Waals surface area contributed by atoms with Crippen molar-refractivity contribution in [2.24, 2.45) is 0 Å². The topological polar surface area (TPSA) is 67.9 Å². The summed E-state index contributed by atoms with van der Waals surface area (Å²) in [7, 11) is 0. The van der Waals surface area contributed by atoms with Crippen LogP contribution in [0.2, 0.25) is 0 Å². The first-order valence-electron chi connectivity index (χ1n) is 8.08. The number of para-hydroxylation sites is 1. The SMILES string of the molecule is CC(=O)N(CC(=O)Nc1ccccc1C)c1ccc2c(c1)OCCO2. The van der Waals surface area contributed by atoms with Crippen LogP contribution in [0.25, 0.3) is 0 Å². The van der Waals surface area contributed by atoms with Crippen molar-refractivity contribution in [2.45, 2.75) is 13.8 Å². The molecule has 0 aliphatic carbocycles. The molecule has 1 aliphatic heterocycles. The van der Waals surface area contributed by atoms with Crippen molar-refractivity contribution < 1.29 is 19.1 Å². The van der Waals surface area contributed by atoms with Crippen molar-refractivity contribution in [1.82, 2.24) is 0 Å².